The van der Waals surface area contributed by atoms with Gasteiger partial charge in [-0.3, -0.25) is 19.5 Å². The minimum Gasteiger partial charge on any atom is -0.507 e. The lowest BCUT2D eigenvalue weighted by atomic mass is 9.97. The smallest absolute Gasteiger partial charge is 0.300 e. The minimum absolute atomic E-state index is 0.143. The molecule has 1 amide bonds. The van der Waals surface area contributed by atoms with Crippen molar-refractivity contribution in [2.75, 3.05) is 19.1 Å². The van der Waals surface area contributed by atoms with Crippen LogP contribution in [0.2, 0.25) is 5.02 Å². The van der Waals surface area contributed by atoms with Crippen molar-refractivity contribution in [2.45, 2.75) is 12.6 Å². The Hall–Kier alpha value is -4.82. The number of carbonyl (C=O) groups is 2. The van der Waals surface area contributed by atoms with Crippen molar-refractivity contribution in [3.8, 4) is 17.2 Å². The van der Waals surface area contributed by atoms with Crippen LogP contribution < -0.4 is 19.1 Å². The van der Waals surface area contributed by atoms with Gasteiger partial charge in [-0.15, -0.1) is 0 Å². The van der Waals surface area contributed by atoms with E-state index < -0.39 is 23.5 Å². The van der Waals surface area contributed by atoms with Gasteiger partial charge in [0, 0.05) is 18.0 Å². The fourth-order valence-corrected chi connectivity index (χ4v) is 4.78. The third kappa shape index (κ3) is 5.09. The highest BCUT2D eigenvalue weighted by Gasteiger charge is 2.48. The van der Waals surface area contributed by atoms with Crippen LogP contribution in [-0.2, 0) is 16.2 Å². The molecule has 0 spiro atoms. The summed E-state index contributed by atoms with van der Waals surface area (Å²) in [5, 5.41) is 11.8. The number of aliphatic hydroxyl groups is 1. The first kappa shape index (κ1) is 26.8. The van der Waals surface area contributed by atoms with Crippen molar-refractivity contribution in [1.82, 2.24) is 4.98 Å². The molecule has 0 radical (unpaired) electrons. The molecule has 5 rings (SSSR count). The summed E-state index contributed by atoms with van der Waals surface area (Å²) in [5.74, 6) is -1.06. The number of rotatable bonds is 8. The Morgan fingerprint density at radius 2 is 1.62 bits per heavy atom. The first-order chi connectivity index (χ1) is 19.4. The summed E-state index contributed by atoms with van der Waals surface area (Å²) in [5.41, 5.74) is 1.85. The topological polar surface area (TPSA) is 98.2 Å². The number of nitrogens with zero attached hydrogens (tertiary/aromatic N) is 2. The predicted octanol–water partition coefficient (Wildman–Crippen LogP) is 5.96. The van der Waals surface area contributed by atoms with Gasteiger partial charge in [-0.25, -0.2) is 0 Å². The maximum Gasteiger partial charge on any atom is 0.300 e. The number of hydrogen-bond donors (Lipinski definition) is 1. The average Bonchev–Trinajstić information content (AvgIpc) is 3.26. The maximum atomic E-state index is 13.5. The van der Waals surface area contributed by atoms with Gasteiger partial charge in [-0.1, -0.05) is 48.0 Å². The van der Waals surface area contributed by atoms with Gasteiger partial charge in [0.2, 0.25) is 0 Å². The van der Waals surface area contributed by atoms with Crippen LogP contribution in [-0.4, -0.2) is 36.0 Å². The predicted molar refractivity (Wildman–Crippen MR) is 151 cm³/mol. The zero-order chi connectivity index (χ0) is 28.2. The van der Waals surface area contributed by atoms with E-state index in [1.54, 1.807) is 48.7 Å². The summed E-state index contributed by atoms with van der Waals surface area (Å²) in [7, 11) is 2.84. The van der Waals surface area contributed by atoms with Crippen molar-refractivity contribution in [2.24, 2.45) is 0 Å². The zero-order valence-corrected chi connectivity index (χ0v) is 22.5. The molecule has 4 aromatic rings. The lowest BCUT2D eigenvalue weighted by Crippen LogP contribution is -2.29. The quantitative estimate of drug-likeness (QED) is 0.162. The Bertz CT molecular complexity index is 1570. The molecule has 2 heterocycles. The fourth-order valence-electron chi connectivity index (χ4n) is 4.55. The molecule has 0 aliphatic carbocycles. The lowest BCUT2D eigenvalue weighted by Gasteiger charge is -2.25. The van der Waals surface area contributed by atoms with E-state index in [4.69, 9.17) is 25.8 Å². The Balaban J connectivity index is 1.57. The molecule has 0 bridgehead atoms. The van der Waals surface area contributed by atoms with Crippen LogP contribution in [0.4, 0.5) is 5.69 Å². The third-order valence-corrected chi connectivity index (χ3v) is 6.80. The fraction of sp³-hybridized carbons (Fsp3) is 0.129. The van der Waals surface area contributed by atoms with Gasteiger partial charge in [-0.2, -0.15) is 0 Å². The van der Waals surface area contributed by atoms with Crippen molar-refractivity contribution in [3.05, 3.63) is 119 Å². The number of benzene rings is 3. The van der Waals surface area contributed by atoms with Crippen LogP contribution in [0, 0.1) is 0 Å². The summed E-state index contributed by atoms with van der Waals surface area (Å²) in [4.78, 5) is 32.7. The number of ketones is 1. The van der Waals surface area contributed by atoms with Gasteiger partial charge in [0.15, 0.2) is 0 Å². The molecule has 9 heteroatoms. The van der Waals surface area contributed by atoms with Crippen molar-refractivity contribution >= 4 is 34.7 Å². The number of anilines is 1. The molecular formula is C31H25ClN2O6. The number of ether oxygens (including phenoxy) is 3. The standard InChI is InChI=1S/C31H25ClN2O6/c1-38-25-17-23(32)26(39-2)16-22(25)29(35)27-28(24-10-6-7-15-33-24)34(31(37)30(27)36)20-11-13-21(14-12-20)40-18-19-8-4-3-5-9-19/h3-17,28,35H,18H2,1-2H3/b29-27+. The second-order valence-electron chi connectivity index (χ2n) is 8.88. The van der Waals surface area contributed by atoms with E-state index in [-0.39, 0.29) is 27.7 Å². The van der Waals surface area contributed by atoms with Crippen molar-refractivity contribution in [3.63, 3.8) is 0 Å². The number of amides is 1. The zero-order valence-electron chi connectivity index (χ0n) is 21.7. The molecule has 1 aliphatic heterocycles. The number of methoxy groups -OCH3 is 2. The normalized spacial score (nSPS) is 16.2. The monoisotopic (exact) mass is 556 g/mol. The number of carbonyl (C=O) groups excluding carboxylic acids is 2. The SMILES string of the molecule is COc1cc(/C(O)=C2\C(=O)C(=O)N(c3ccc(OCc4ccccc4)cc3)C2c2ccccn2)c(OC)cc1Cl. The van der Waals surface area contributed by atoms with Crippen LogP contribution in [0.25, 0.3) is 5.76 Å². The lowest BCUT2D eigenvalue weighted by molar-refractivity contribution is -0.132. The van der Waals surface area contributed by atoms with E-state index in [0.717, 1.165) is 5.56 Å². The second kappa shape index (κ2) is 11.5. The number of Topliss-reactive ketones (excluding diaryl/α,β-unsaturated/α-hetero) is 1. The van der Waals surface area contributed by atoms with E-state index >= 15 is 0 Å². The Labute approximate surface area is 236 Å². The summed E-state index contributed by atoms with van der Waals surface area (Å²) < 4.78 is 16.6. The molecule has 1 atom stereocenters. The van der Waals surface area contributed by atoms with Gasteiger partial charge in [0.05, 0.1) is 36.1 Å². The molecule has 202 valence electrons. The van der Waals surface area contributed by atoms with E-state index in [2.05, 4.69) is 4.98 Å². The first-order valence-electron chi connectivity index (χ1n) is 12.3. The summed E-state index contributed by atoms with van der Waals surface area (Å²) in [6.45, 7) is 0.380. The number of halogens is 1. The number of aromatic nitrogens is 1. The molecule has 1 fully saturated rings. The molecule has 1 unspecified atom stereocenters. The van der Waals surface area contributed by atoms with Crippen molar-refractivity contribution < 1.29 is 28.9 Å². The largest absolute Gasteiger partial charge is 0.507 e. The maximum absolute atomic E-state index is 13.5. The molecule has 40 heavy (non-hydrogen) atoms. The van der Waals surface area contributed by atoms with Crippen molar-refractivity contribution in [1.29, 1.82) is 0 Å². The molecule has 1 saturated heterocycles. The highest BCUT2D eigenvalue weighted by atomic mass is 35.5. The molecule has 1 aromatic heterocycles. The molecule has 0 saturated carbocycles. The number of hydrogen-bond acceptors (Lipinski definition) is 7. The third-order valence-electron chi connectivity index (χ3n) is 6.50. The Morgan fingerprint density at radius 3 is 2.27 bits per heavy atom. The van der Waals surface area contributed by atoms with Crippen LogP contribution in [0.3, 0.4) is 0 Å². The van der Waals surface area contributed by atoms with Gasteiger partial charge in [0.25, 0.3) is 11.7 Å². The highest BCUT2D eigenvalue weighted by molar-refractivity contribution is 6.51. The van der Waals surface area contributed by atoms with E-state index in [1.807, 2.05) is 30.3 Å². The molecule has 1 N–H and O–H groups in total. The molecule has 8 nitrogen and oxygen atoms in total. The molecule has 1 aliphatic rings. The van der Waals surface area contributed by atoms with E-state index in [0.29, 0.717) is 23.7 Å². The average molecular weight is 557 g/mol. The second-order valence-corrected chi connectivity index (χ2v) is 9.29. The Morgan fingerprint density at radius 1 is 0.925 bits per heavy atom. The summed E-state index contributed by atoms with van der Waals surface area (Å²) in [6.07, 6.45) is 1.56. The number of pyridine rings is 1. The summed E-state index contributed by atoms with van der Waals surface area (Å²) >= 11 is 6.24. The van der Waals surface area contributed by atoms with Gasteiger partial charge in [-0.05, 0) is 48.0 Å². The molecular weight excluding hydrogens is 532 g/mol. The van der Waals surface area contributed by atoms with Crippen LogP contribution in [0.15, 0.2) is 96.7 Å². The highest BCUT2D eigenvalue weighted by Crippen LogP contribution is 2.44. The first-order valence-corrected chi connectivity index (χ1v) is 12.7. The minimum atomic E-state index is -1.01. The van der Waals surface area contributed by atoms with Gasteiger partial charge >= 0.3 is 0 Å². The van der Waals surface area contributed by atoms with Gasteiger partial charge < -0.3 is 19.3 Å². The van der Waals surface area contributed by atoms with Crippen LogP contribution in [0.1, 0.15) is 22.9 Å². The van der Waals surface area contributed by atoms with Crippen LogP contribution >= 0.6 is 11.6 Å². The van der Waals surface area contributed by atoms with Crippen LogP contribution in [0.5, 0.6) is 17.2 Å². The van der Waals surface area contributed by atoms with E-state index in [9.17, 15) is 14.7 Å². The summed E-state index contributed by atoms with van der Waals surface area (Å²) in [6, 6.07) is 23.6. The molecule has 3 aromatic carbocycles. The van der Waals surface area contributed by atoms with Gasteiger partial charge in [0.1, 0.15) is 35.7 Å². The Kier molecular flexibility index (Phi) is 7.70. The van der Waals surface area contributed by atoms with E-state index in [1.165, 1.54) is 31.3 Å². The number of aliphatic hydroxyl groups excluding tert-OH is 1.